The van der Waals surface area contributed by atoms with Crippen molar-refractivity contribution in [1.29, 1.82) is 0 Å². The lowest BCUT2D eigenvalue weighted by Gasteiger charge is -1.83. The summed E-state index contributed by atoms with van der Waals surface area (Å²) in [6.45, 7) is -0.136. The van der Waals surface area contributed by atoms with Gasteiger partial charge in [-0.3, -0.25) is 0 Å². The summed E-state index contributed by atoms with van der Waals surface area (Å²) in [5.41, 5.74) is 6.59. The van der Waals surface area contributed by atoms with E-state index in [1.165, 1.54) is 11.3 Å². The van der Waals surface area contributed by atoms with Crippen molar-refractivity contribution in [3.8, 4) is 11.5 Å². The van der Waals surface area contributed by atoms with E-state index in [-0.39, 0.29) is 6.61 Å². The number of aromatic nitrogens is 2. The predicted molar refractivity (Wildman–Crippen MR) is 47.9 cm³/mol. The van der Waals surface area contributed by atoms with Gasteiger partial charge in [0.05, 0.1) is 6.61 Å². The largest absolute Gasteiger partial charge is 0.390 e. The molecule has 2 aromatic heterocycles. The zero-order chi connectivity index (χ0) is 9.26. The molecule has 0 aromatic carbocycles. The standard InChI is InChI=1S/C7H7N3O2S/c8-7-9-5(3-13-7)6-1-4(2-11)10-12-6/h1,3,11H,2H2,(H2,8,9). The molecule has 68 valence electrons. The molecular weight excluding hydrogens is 190 g/mol. The second-order valence-corrected chi connectivity index (χ2v) is 3.30. The maximum absolute atomic E-state index is 8.74. The molecule has 0 unspecified atom stereocenters. The fourth-order valence-electron chi connectivity index (χ4n) is 0.908. The molecule has 3 N–H and O–H groups in total. The molecule has 0 fully saturated rings. The van der Waals surface area contributed by atoms with E-state index < -0.39 is 0 Å². The van der Waals surface area contributed by atoms with Crippen molar-refractivity contribution in [3.63, 3.8) is 0 Å². The lowest BCUT2D eigenvalue weighted by Crippen LogP contribution is -1.81. The minimum absolute atomic E-state index is 0.136. The molecule has 0 spiro atoms. The number of aliphatic hydroxyl groups is 1. The van der Waals surface area contributed by atoms with Crippen molar-refractivity contribution in [2.24, 2.45) is 0 Å². The first-order chi connectivity index (χ1) is 6.29. The summed E-state index contributed by atoms with van der Waals surface area (Å²) in [7, 11) is 0. The van der Waals surface area contributed by atoms with Crippen molar-refractivity contribution < 1.29 is 9.63 Å². The Morgan fingerprint density at radius 2 is 2.46 bits per heavy atom. The summed E-state index contributed by atoms with van der Waals surface area (Å²) in [4.78, 5) is 4.01. The zero-order valence-corrected chi connectivity index (χ0v) is 7.41. The monoisotopic (exact) mass is 197 g/mol. The molecule has 0 saturated heterocycles. The van der Waals surface area contributed by atoms with Crippen molar-refractivity contribution in [2.45, 2.75) is 6.61 Å². The average Bonchev–Trinajstić information content (AvgIpc) is 2.71. The maximum Gasteiger partial charge on any atom is 0.186 e. The Balaban J connectivity index is 2.35. The lowest BCUT2D eigenvalue weighted by molar-refractivity contribution is 0.267. The molecule has 0 saturated carbocycles. The highest BCUT2D eigenvalue weighted by molar-refractivity contribution is 7.13. The van der Waals surface area contributed by atoms with Gasteiger partial charge in [0.1, 0.15) is 11.4 Å². The summed E-state index contributed by atoms with van der Waals surface area (Å²) in [6.07, 6.45) is 0. The van der Waals surface area contributed by atoms with Gasteiger partial charge in [0, 0.05) is 11.4 Å². The Hall–Kier alpha value is -1.40. The van der Waals surface area contributed by atoms with Crippen LogP contribution in [-0.2, 0) is 6.61 Å². The van der Waals surface area contributed by atoms with E-state index in [4.69, 9.17) is 15.4 Å². The van der Waals surface area contributed by atoms with Crippen LogP contribution in [0, 0.1) is 0 Å². The highest BCUT2D eigenvalue weighted by atomic mass is 32.1. The SMILES string of the molecule is Nc1nc(-c2cc(CO)no2)cs1. The molecule has 0 aliphatic rings. The molecule has 2 heterocycles. The van der Waals surface area contributed by atoms with Crippen LogP contribution in [-0.4, -0.2) is 15.2 Å². The summed E-state index contributed by atoms with van der Waals surface area (Å²) >= 11 is 1.33. The molecule has 0 aliphatic heterocycles. The lowest BCUT2D eigenvalue weighted by atomic mass is 10.3. The van der Waals surface area contributed by atoms with Gasteiger partial charge >= 0.3 is 0 Å². The van der Waals surface area contributed by atoms with Crippen LogP contribution in [0.5, 0.6) is 0 Å². The first kappa shape index (κ1) is 8.21. The normalized spacial score (nSPS) is 10.5. The third-order valence-electron chi connectivity index (χ3n) is 1.50. The molecule has 0 atom stereocenters. The summed E-state index contributed by atoms with van der Waals surface area (Å²) in [5.74, 6) is 0.525. The Morgan fingerprint density at radius 1 is 1.62 bits per heavy atom. The van der Waals surface area contributed by atoms with Gasteiger partial charge < -0.3 is 15.4 Å². The quantitative estimate of drug-likeness (QED) is 0.746. The summed E-state index contributed by atoms with van der Waals surface area (Å²) in [6, 6.07) is 1.63. The Labute approximate surface area is 77.8 Å². The second kappa shape index (κ2) is 3.15. The van der Waals surface area contributed by atoms with Crippen LogP contribution in [0.25, 0.3) is 11.5 Å². The minimum Gasteiger partial charge on any atom is -0.390 e. The van der Waals surface area contributed by atoms with Gasteiger partial charge in [0.15, 0.2) is 10.9 Å². The van der Waals surface area contributed by atoms with Crippen LogP contribution in [0.4, 0.5) is 5.13 Å². The van der Waals surface area contributed by atoms with Crippen LogP contribution in [0.3, 0.4) is 0 Å². The number of nitrogens with two attached hydrogens (primary N) is 1. The van der Waals surface area contributed by atoms with Gasteiger partial charge in [-0.25, -0.2) is 4.98 Å². The molecule has 5 nitrogen and oxygen atoms in total. The van der Waals surface area contributed by atoms with Crippen molar-refractivity contribution in [3.05, 3.63) is 17.1 Å². The van der Waals surface area contributed by atoms with E-state index in [1.54, 1.807) is 11.4 Å². The molecule has 0 bridgehead atoms. The van der Waals surface area contributed by atoms with Gasteiger partial charge in [0.25, 0.3) is 0 Å². The van der Waals surface area contributed by atoms with Gasteiger partial charge in [-0.2, -0.15) is 0 Å². The molecule has 0 aliphatic carbocycles. The third-order valence-corrected chi connectivity index (χ3v) is 2.17. The maximum atomic E-state index is 8.74. The van der Waals surface area contributed by atoms with E-state index in [2.05, 4.69) is 10.1 Å². The molecule has 2 aromatic rings. The topological polar surface area (TPSA) is 85.2 Å². The van der Waals surface area contributed by atoms with Gasteiger partial charge in [0.2, 0.25) is 0 Å². The van der Waals surface area contributed by atoms with Crippen LogP contribution in [0.15, 0.2) is 16.0 Å². The number of rotatable bonds is 2. The fraction of sp³-hybridized carbons (Fsp3) is 0.143. The number of thiazole rings is 1. The van der Waals surface area contributed by atoms with E-state index in [1.807, 2.05) is 0 Å². The van der Waals surface area contributed by atoms with E-state index in [0.717, 1.165) is 0 Å². The minimum atomic E-state index is -0.136. The number of nitrogen functional groups attached to an aromatic ring is 1. The third kappa shape index (κ3) is 1.53. The van der Waals surface area contributed by atoms with Crippen molar-refractivity contribution >= 4 is 16.5 Å². The Kier molecular flexibility index (Phi) is 1.99. The summed E-state index contributed by atoms with van der Waals surface area (Å²) in [5, 5.41) is 14.6. The molecule has 2 rings (SSSR count). The van der Waals surface area contributed by atoms with Crippen LogP contribution >= 0.6 is 11.3 Å². The van der Waals surface area contributed by atoms with Crippen molar-refractivity contribution in [2.75, 3.05) is 5.73 Å². The smallest absolute Gasteiger partial charge is 0.186 e. The fourth-order valence-corrected chi connectivity index (χ4v) is 1.46. The first-order valence-electron chi connectivity index (χ1n) is 3.57. The molecule has 0 radical (unpaired) electrons. The zero-order valence-electron chi connectivity index (χ0n) is 6.60. The summed E-state index contributed by atoms with van der Waals surface area (Å²) < 4.78 is 4.93. The first-order valence-corrected chi connectivity index (χ1v) is 4.45. The number of anilines is 1. The number of nitrogens with zero attached hydrogens (tertiary/aromatic N) is 2. The molecule has 13 heavy (non-hydrogen) atoms. The van der Waals surface area contributed by atoms with Gasteiger partial charge in [-0.05, 0) is 0 Å². The molecule has 6 heteroatoms. The van der Waals surface area contributed by atoms with Gasteiger partial charge in [-0.15, -0.1) is 11.3 Å². The molecule has 0 amide bonds. The van der Waals surface area contributed by atoms with Gasteiger partial charge in [-0.1, -0.05) is 5.16 Å². The highest BCUT2D eigenvalue weighted by Gasteiger charge is 2.08. The number of hydrogen-bond donors (Lipinski definition) is 2. The van der Waals surface area contributed by atoms with E-state index in [9.17, 15) is 0 Å². The van der Waals surface area contributed by atoms with E-state index >= 15 is 0 Å². The Morgan fingerprint density at radius 3 is 3.00 bits per heavy atom. The number of hydrogen-bond acceptors (Lipinski definition) is 6. The molecular formula is C7H7N3O2S. The average molecular weight is 197 g/mol. The van der Waals surface area contributed by atoms with E-state index in [0.29, 0.717) is 22.3 Å². The van der Waals surface area contributed by atoms with Crippen LogP contribution in [0.1, 0.15) is 5.69 Å². The second-order valence-electron chi connectivity index (χ2n) is 2.41. The Bertz CT molecular complexity index is 409. The highest BCUT2D eigenvalue weighted by Crippen LogP contribution is 2.23. The number of aliphatic hydroxyl groups excluding tert-OH is 1. The van der Waals surface area contributed by atoms with Crippen LogP contribution < -0.4 is 5.73 Å². The van der Waals surface area contributed by atoms with Crippen molar-refractivity contribution in [1.82, 2.24) is 10.1 Å². The predicted octanol–water partition coefficient (Wildman–Crippen LogP) is 0.873. The van der Waals surface area contributed by atoms with Crippen LogP contribution in [0.2, 0.25) is 0 Å².